The monoisotopic (exact) mass is 411 g/mol. The molecule has 30 heavy (non-hydrogen) atoms. The number of Topliss-reactive ketones (excluding diaryl/α,β-unsaturated/α-hetero) is 1. The minimum absolute atomic E-state index is 0.00278. The first-order chi connectivity index (χ1) is 14.3. The average Bonchev–Trinajstić information content (AvgIpc) is 3.30. The van der Waals surface area contributed by atoms with Gasteiger partial charge in [-0.25, -0.2) is 0 Å². The lowest BCUT2D eigenvalue weighted by atomic mass is 9.55. The number of carbonyl (C=O) groups is 1. The van der Waals surface area contributed by atoms with Gasteiger partial charge in [-0.3, -0.25) is 9.48 Å². The van der Waals surface area contributed by atoms with Crippen molar-refractivity contribution in [1.82, 2.24) is 9.78 Å². The van der Waals surface area contributed by atoms with E-state index in [0.29, 0.717) is 41.9 Å². The average molecular weight is 412 g/mol. The Balaban J connectivity index is 1.30. The van der Waals surface area contributed by atoms with Crippen LogP contribution in [0.5, 0.6) is 0 Å². The Morgan fingerprint density at radius 2 is 2.13 bits per heavy atom. The third-order valence-corrected chi connectivity index (χ3v) is 9.02. The summed E-state index contributed by atoms with van der Waals surface area (Å²) in [5.74, 6) is 2.45. The molecule has 162 valence electrons. The molecular formula is C24H33N3O3. The number of ketones is 1. The first-order valence-corrected chi connectivity index (χ1v) is 11.6. The molecule has 5 rings (SSSR count). The maximum absolute atomic E-state index is 13.2. The van der Waals surface area contributed by atoms with Gasteiger partial charge in [0.1, 0.15) is 6.07 Å². The van der Waals surface area contributed by atoms with Crippen LogP contribution in [0.1, 0.15) is 64.4 Å². The normalized spacial score (nSPS) is 45.1. The molecule has 0 aromatic carbocycles. The highest BCUT2D eigenvalue weighted by atomic mass is 16.5. The van der Waals surface area contributed by atoms with E-state index >= 15 is 0 Å². The highest BCUT2D eigenvalue weighted by Crippen LogP contribution is 2.60. The second kappa shape index (κ2) is 7.17. The Morgan fingerprint density at radius 3 is 2.90 bits per heavy atom. The number of hydrogen-bond donors (Lipinski definition) is 1. The summed E-state index contributed by atoms with van der Waals surface area (Å²) < 4.78 is 8.19. The smallest absolute Gasteiger partial charge is 0.157 e. The van der Waals surface area contributed by atoms with E-state index in [1.165, 1.54) is 12.6 Å². The molecule has 1 saturated heterocycles. The zero-order valence-corrected chi connectivity index (χ0v) is 18.1. The van der Waals surface area contributed by atoms with Crippen LogP contribution in [0.4, 0.5) is 0 Å². The number of carbonyl (C=O) groups excluding carboxylic acids is 1. The molecule has 2 heterocycles. The van der Waals surface area contributed by atoms with E-state index in [2.05, 4.69) is 18.1 Å². The summed E-state index contributed by atoms with van der Waals surface area (Å²) >= 11 is 0. The lowest BCUT2D eigenvalue weighted by molar-refractivity contribution is -0.194. The molecule has 6 heteroatoms. The highest BCUT2D eigenvalue weighted by Gasteiger charge is 2.59. The lowest BCUT2D eigenvalue weighted by Gasteiger charge is -2.56. The van der Waals surface area contributed by atoms with Crippen LogP contribution in [0.15, 0.2) is 12.4 Å². The van der Waals surface area contributed by atoms with Crippen LogP contribution in [0, 0.1) is 46.3 Å². The molecule has 4 aliphatic rings. The van der Waals surface area contributed by atoms with Gasteiger partial charge in [0.15, 0.2) is 5.78 Å². The molecule has 1 aromatic rings. The van der Waals surface area contributed by atoms with Crippen LogP contribution >= 0.6 is 0 Å². The van der Waals surface area contributed by atoms with Crippen molar-refractivity contribution in [3.63, 3.8) is 0 Å². The van der Waals surface area contributed by atoms with Crippen LogP contribution < -0.4 is 0 Å². The summed E-state index contributed by atoms with van der Waals surface area (Å²) in [5.41, 5.74) is -0.124. The Hall–Kier alpha value is -1.71. The van der Waals surface area contributed by atoms with Gasteiger partial charge in [-0.2, -0.15) is 10.4 Å². The quantitative estimate of drug-likeness (QED) is 0.824. The largest absolute Gasteiger partial charge is 0.390 e. The molecule has 1 aliphatic heterocycles. The third-order valence-electron chi connectivity index (χ3n) is 9.02. The number of ether oxygens (including phenoxy) is 1. The number of fused-ring (bicyclic) bond motifs is 5. The molecule has 1 aromatic heterocycles. The first kappa shape index (κ1) is 20.2. The van der Waals surface area contributed by atoms with Crippen LogP contribution in [0.25, 0.3) is 0 Å². The maximum Gasteiger partial charge on any atom is 0.157 e. The first-order valence-electron chi connectivity index (χ1n) is 11.6. The fourth-order valence-corrected chi connectivity index (χ4v) is 7.60. The Labute approximate surface area is 178 Å². The number of aromatic nitrogens is 2. The molecular weight excluding hydrogens is 378 g/mol. The zero-order valence-electron chi connectivity index (χ0n) is 18.1. The second-order valence-corrected chi connectivity index (χ2v) is 10.9. The Kier molecular flexibility index (Phi) is 4.83. The van der Waals surface area contributed by atoms with Gasteiger partial charge in [0, 0.05) is 17.5 Å². The van der Waals surface area contributed by atoms with Crippen molar-refractivity contribution in [3.05, 3.63) is 18.0 Å². The summed E-state index contributed by atoms with van der Waals surface area (Å²) in [6, 6.07) is 2.07. The minimum atomic E-state index is -0.514. The van der Waals surface area contributed by atoms with E-state index in [4.69, 9.17) is 10.00 Å². The predicted octanol–water partition coefficient (Wildman–Crippen LogP) is 3.33. The predicted molar refractivity (Wildman–Crippen MR) is 110 cm³/mol. The SMILES string of the molecule is C[C@@]1(O)CC[C@H]2[C@H](CC[C@@H]3[C@@H]2OC[C@]2(C)[C@@H](C(=O)Cn4cc(C#N)cn4)CC[C@@H]32)C1. The minimum Gasteiger partial charge on any atom is -0.390 e. The van der Waals surface area contributed by atoms with Crippen molar-refractivity contribution in [1.29, 1.82) is 5.26 Å². The van der Waals surface area contributed by atoms with Gasteiger partial charge in [-0.05, 0) is 75.5 Å². The number of rotatable bonds is 3. The molecule has 3 aliphatic carbocycles. The van der Waals surface area contributed by atoms with Crippen LogP contribution in [-0.2, 0) is 16.1 Å². The van der Waals surface area contributed by atoms with Crippen LogP contribution in [0.2, 0.25) is 0 Å². The third kappa shape index (κ3) is 3.22. The molecule has 6 nitrogen and oxygen atoms in total. The number of hydrogen-bond acceptors (Lipinski definition) is 5. The molecule has 3 saturated carbocycles. The van der Waals surface area contributed by atoms with E-state index in [1.54, 1.807) is 10.9 Å². The number of nitrogens with zero attached hydrogens (tertiary/aromatic N) is 3. The van der Waals surface area contributed by atoms with E-state index < -0.39 is 5.60 Å². The standard InChI is InChI=1S/C24H33N3O3/c1-23(29)8-7-17-16(9-23)3-4-18-19-5-6-20(24(19,2)14-30-22(17)18)21(28)13-27-12-15(10-25)11-26-27/h11-12,16-20,22,29H,3-9,13-14H2,1-2H3/t16-,17+,18+,19+,20-,22-,23-,24+/m1/s1. The lowest BCUT2D eigenvalue weighted by Crippen LogP contribution is -2.56. The topological polar surface area (TPSA) is 88.1 Å². The van der Waals surface area contributed by atoms with Gasteiger partial charge in [0.2, 0.25) is 0 Å². The molecule has 4 fully saturated rings. The zero-order chi connectivity index (χ0) is 21.1. The van der Waals surface area contributed by atoms with Gasteiger partial charge in [-0.1, -0.05) is 6.92 Å². The fourth-order valence-electron chi connectivity index (χ4n) is 7.60. The van der Waals surface area contributed by atoms with Crippen molar-refractivity contribution in [2.24, 2.45) is 35.0 Å². The van der Waals surface area contributed by atoms with E-state index in [-0.39, 0.29) is 23.7 Å². The summed E-state index contributed by atoms with van der Waals surface area (Å²) in [4.78, 5) is 13.2. The van der Waals surface area contributed by atoms with Crippen molar-refractivity contribution in [2.45, 2.75) is 77.0 Å². The molecule has 0 radical (unpaired) electrons. The van der Waals surface area contributed by atoms with Gasteiger partial charge < -0.3 is 9.84 Å². The van der Waals surface area contributed by atoms with Crippen LogP contribution in [0.3, 0.4) is 0 Å². The van der Waals surface area contributed by atoms with E-state index in [0.717, 1.165) is 38.5 Å². The van der Waals surface area contributed by atoms with Crippen molar-refractivity contribution < 1.29 is 14.6 Å². The van der Waals surface area contributed by atoms with Crippen LogP contribution in [-0.4, -0.2) is 39.0 Å². The van der Waals surface area contributed by atoms with Crippen molar-refractivity contribution in [2.75, 3.05) is 6.61 Å². The molecule has 0 spiro atoms. The summed E-state index contributed by atoms with van der Waals surface area (Å²) in [6.07, 6.45) is 10.7. The van der Waals surface area contributed by atoms with Crippen molar-refractivity contribution in [3.8, 4) is 6.07 Å². The fraction of sp³-hybridized carbons (Fsp3) is 0.792. The molecule has 0 unspecified atom stereocenters. The van der Waals surface area contributed by atoms with Gasteiger partial charge in [0.25, 0.3) is 0 Å². The Morgan fingerprint density at radius 1 is 1.30 bits per heavy atom. The maximum atomic E-state index is 13.2. The van der Waals surface area contributed by atoms with Gasteiger partial charge in [-0.15, -0.1) is 0 Å². The van der Waals surface area contributed by atoms with E-state index in [9.17, 15) is 9.90 Å². The number of aliphatic hydroxyl groups is 1. The van der Waals surface area contributed by atoms with Crippen molar-refractivity contribution >= 4 is 5.78 Å². The summed E-state index contributed by atoms with van der Waals surface area (Å²) in [6.45, 7) is 5.16. The highest BCUT2D eigenvalue weighted by molar-refractivity contribution is 5.82. The number of nitriles is 1. The molecule has 1 N–H and O–H groups in total. The molecule has 0 bridgehead atoms. The van der Waals surface area contributed by atoms with E-state index in [1.807, 2.05) is 6.92 Å². The Bertz CT molecular complexity index is 871. The molecule has 0 amide bonds. The van der Waals surface area contributed by atoms with Gasteiger partial charge >= 0.3 is 0 Å². The molecule has 8 atom stereocenters. The second-order valence-electron chi connectivity index (χ2n) is 10.9. The summed E-state index contributed by atoms with van der Waals surface area (Å²) in [5, 5.41) is 23.7. The van der Waals surface area contributed by atoms with Gasteiger partial charge in [0.05, 0.1) is 36.6 Å². The summed E-state index contributed by atoms with van der Waals surface area (Å²) in [7, 11) is 0.